The van der Waals surface area contributed by atoms with E-state index in [1.54, 1.807) is 37.3 Å². The molecule has 0 spiro atoms. The van der Waals surface area contributed by atoms with E-state index in [4.69, 9.17) is 0 Å². The van der Waals surface area contributed by atoms with Gasteiger partial charge in [-0.15, -0.1) is 11.8 Å². The smallest absolute Gasteiger partial charge is 0.271 e. The highest BCUT2D eigenvalue weighted by molar-refractivity contribution is 8.00. The molecule has 0 aliphatic carbocycles. The molecule has 0 radical (unpaired) electrons. The Morgan fingerprint density at radius 2 is 1.45 bits per heavy atom. The highest BCUT2D eigenvalue weighted by Crippen LogP contribution is 2.24. The van der Waals surface area contributed by atoms with Gasteiger partial charge in [0.05, 0.1) is 21.3 Å². The molecule has 3 aromatic rings. The summed E-state index contributed by atoms with van der Waals surface area (Å²) in [5, 5.41) is 27.0. The number of carbonyl (C=O) groups excluding carboxylic acids is 2. The van der Waals surface area contributed by atoms with Crippen LogP contribution in [0.25, 0.3) is 0 Å². The molecule has 2 amide bonds. The fourth-order valence-corrected chi connectivity index (χ4v) is 3.46. The van der Waals surface area contributed by atoms with Crippen molar-refractivity contribution in [2.75, 3.05) is 16.4 Å². The number of hydrogen-bond acceptors (Lipinski definition) is 7. The third-order valence-electron chi connectivity index (χ3n) is 4.53. The fraction of sp³-hybridized carbons (Fsp3) is 0.0909. The molecule has 3 aromatic carbocycles. The zero-order valence-electron chi connectivity index (χ0n) is 17.3. The number of amides is 2. The molecule has 0 aromatic heterocycles. The van der Waals surface area contributed by atoms with Crippen LogP contribution in [-0.2, 0) is 4.79 Å². The Morgan fingerprint density at radius 1 is 0.848 bits per heavy atom. The van der Waals surface area contributed by atoms with Crippen molar-refractivity contribution < 1.29 is 19.4 Å². The second kappa shape index (κ2) is 10.4. The SMILES string of the molecule is Cc1ccc([N+](=O)[O-])cc1NC(=O)CSc1ccc(NC(=O)c2ccc([N+](=O)[O-])cc2)cc1. The van der Waals surface area contributed by atoms with E-state index in [1.165, 1.54) is 48.2 Å². The van der Waals surface area contributed by atoms with Gasteiger partial charge in [-0.3, -0.25) is 29.8 Å². The molecule has 0 heterocycles. The largest absolute Gasteiger partial charge is 0.325 e. The van der Waals surface area contributed by atoms with Crippen LogP contribution >= 0.6 is 11.8 Å². The van der Waals surface area contributed by atoms with Gasteiger partial charge in [0.2, 0.25) is 5.91 Å². The first kappa shape index (κ1) is 23.4. The average Bonchev–Trinajstić information content (AvgIpc) is 2.80. The number of aryl methyl sites for hydroxylation is 1. The lowest BCUT2D eigenvalue weighted by molar-refractivity contribution is -0.385. The predicted octanol–water partition coefficient (Wildman–Crippen LogP) is 4.79. The van der Waals surface area contributed by atoms with E-state index in [-0.39, 0.29) is 28.6 Å². The van der Waals surface area contributed by atoms with Gasteiger partial charge in [-0.05, 0) is 48.9 Å². The Balaban J connectivity index is 1.53. The minimum Gasteiger partial charge on any atom is -0.325 e. The van der Waals surface area contributed by atoms with Crippen molar-refractivity contribution in [3.8, 4) is 0 Å². The minimum atomic E-state index is -0.538. The summed E-state index contributed by atoms with van der Waals surface area (Å²) in [7, 11) is 0. The van der Waals surface area contributed by atoms with Gasteiger partial charge >= 0.3 is 0 Å². The van der Waals surface area contributed by atoms with Crippen molar-refractivity contribution in [3.63, 3.8) is 0 Å². The van der Waals surface area contributed by atoms with Crippen molar-refractivity contribution in [1.82, 2.24) is 0 Å². The van der Waals surface area contributed by atoms with Crippen LogP contribution in [0.4, 0.5) is 22.7 Å². The van der Waals surface area contributed by atoms with Crippen LogP contribution in [0.2, 0.25) is 0 Å². The maximum Gasteiger partial charge on any atom is 0.271 e. The van der Waals surface area contributed by atoms with Crippen molar-refractivity contribution in [2.24, 2.45) is 0 Å². The summed E-state index contributed by atoms with van der Waals surface area (Å²) in [6, 6.07) is 16.4. The number of nitro benzene ring substituents is 2. The monoisotopic (exact) mass is 466 g/mol. The number of nitro groups is 2. The maximum atomic E-state index is 12.3. The Kier molecular flexibility index (Phi) is 7.36. The van der Waals surface area contributed by atoms with Gasteiger partial charge in [0.1, 0.15) is 0 Å². The quantitative estimate of drug-likeness (QED) is 0.276. The molecule has 168 valence electrons. The van der Waals surface area contributed by atoms with Gasteiger partial charge in [-0.1, -0.05) is 6.07 Å². The van der Waals surface area contributed by atoms with Gasteiger partial charge in [0, 0.05) is 40.4 Å². The molecule has 0 bridgehead atoms. The first-order valence-corrected chi connectivity index (χ1v) is 10.5. The molecular formula is C22H18N4O6S. The van der Waals surface area contributed by atoms with E-state index in [9.17, 15) is 29.8 Å². The number of rotatable bonds is 8. The molecule has 33 heavy (non-hydrogen) atoms. The first-order valence-electron chi connectivity index (χ1n) is 9.56. The molecule has 0 saturated heterocycles. The lowest BCUT2D eigenvalue weighted by Crippen LogP contribution is -2.15. The lowest BCUT2D eigenvalue weighted by atomic mass is 10.2. The first-order chi connectivity index (χ1) is 15.7. The average molecular weight is 466 g/mol. The Labute approximate surface area is 192 Å². The third-order valence-corrected chi connectivity index (χ3v) is 5.54. The summed E-state index contributed by atoms with van der Waals surface area (Å²) >= 11 is 1.27. The molecule has 10 nitrogen and oxygen atoms in total. The van der Waals surface area contributed by atoms with Crippen LogP contribution in [0.3, 0.4) is 0 Å². The summed E-state index contributed by atoms with van der Waals surface area (Å²) in [6.45, 7) is 1.75. The van der Waals surface area contributed by atoms with Crippen LogP contribution in [0.5, 0.6) is 0 Å². The second-order valence-electron chi connectivity index (χ2n) is 6.88. The van der Waals surface area contributed by atoms with Crippen molar-refractivity contribution in [2.45, 2.75) is 11.8 Å². The number of hydrogen-bond donors (Lipinski definition) is 2. The van der Waals surface area contributed by atoms with E-state index in [1.807, 2.05) is 0 Å². The van der Waals surface area contributed by atoms with Crippen molar-refractivity contribution >= 4 is 46.3 Å². The Morgan fingerprint density at radius 3 is 2.06 bits per heavy atom. The van der Waals surface area contributed by atoms with Gasteiger partial charge in [0.15, 0.2) is 0 Å². The van der Waals surface area contributed by atoms with Crippen LogP contribution in [0.1, 0.15) is 15.9 Å². The van der Waals surface area contributed by atoms with E-state index in [0.29, 0.717) is 16.9 Å². The van der Waals surface area contributed by atoms with Crippen molar-refractivity contribution in [3.05, 3.63) is 98.1 Å². The fourth-order valence-electron chi connectivity index (χ4n) is 2.77. The molecule has 3 rings (SSSR count). The highest BCUT2D eigenvalue weighted by atomic mass is 32.2. The standard InChI is InChI=1S/C22H18N4O6S/c1-14-2-7-18(26(31)32)12-20(14)24-21(27)13-33-19-10-5-16(6-11-19)23-22(28)15-3-8-17(9-4-15)25(29)30/h2-12H,13H2,1H3,(H,23,28)(H,24,27). The molecule has 0 saturated carbocycles. The number of benzene rings is 3. The molecule has 0 aliphatic heterocycles. The van der Waals surface area contributed by atoms with E-state index in [2.05, 4.69) is 10.6 Å². The summed E-state index contributed by atoms with van der Waals surface area (Å²) in [5.74, 6) is -0.618. The second-order valence-corrected chi connectivity index (χ2v) is 7.92. The molecular weight excluding hydrogens is 448 g/mol. The molecule has 11 heteroatoms. The Bertz CT molecular complexity index is 1210. The molecule has 0 atom stereocenters. The van der Waals surface area contributed by atoms with E-state index in [0.717, 1.165) is 4.90 Å². The van der Waals surface area contributed by atoms with Gasteiger partial charge in [-0.25, -0.2) is 0 Å². The number of nitrogens with one attached hydrogen (secondary N) is 2. The summed E-state index contributed by atoms with van der Waals surface area (Å²) in [4.78, 5) is 45.9. The van der Waals surface area contributed by atoms with Crippen LogP contribution in [0, 0.1) is 27.2 Å². The zero-order valence-corrected chi connectivity index (χ0v) is 18.1. The summed E-state index contributed by atoms with van der Waals surface area (Å²) in [6.07, 6.45) is 0. The number of non-ortho nitro benzene ring substituents is 2. The molecule has 0 unspecified atom stereocenters. The predicted molar refractivity (Wildman–Crippen MR) is 125 cm³/mol. The zero-order chi connectivity index (χ0) is 24.0. The number of thioether (sulfide) groups is 1. The topological polar surface area (TPSA) is 144 Å². The van der Waals surface area contributed by atoms with E-state index < -0.39 is 15.8 Å². The van der Waals surface area contributed by atoms with E-state index >= 15 is 0 Å². The third kappa shape index (κ3) is 6.37. The number of anilines is 2. The molecule has 0 aliphatic rings. The van der Waals surface area contributed by atoms with Gasteiger partial charge < -0.3 is 10.6 Å². The number of nitrogens with zero attached hydrogens (tertiary/aromatic N) is 2. The highest BCUT2D eigenvalue weighted by Gasteiger charge is 2.12. The van der Waals surface area contributed by atoms with Crippen LogP contribution < -0.4 is 10.6 Å². The number of carbonyl (C=O) groups is 2. The van der Waals surface area contributed by atoms with Crippen molar-refractivity contribution in [1.29, 1.82) is 0 Å². The minimum absolute atomic E-state index is 0.0939. The van der Waals surface area contributed by atoms with Gasteiger partial charge in [0.25, 0.3) is 17.3 Å². The molecule has 0 fully saturated rings. The maximum absolute atomic E-state index is 12.3. The molecule has 2 N–H and O–H groups in total. The van der Waals surface area contributed by atoms with Crippen LogP contribution in [0.15, 0.2) is 71.6 Å². The lowest BCUT2D eigenvalue weighted by Gasteiger charge is -2.09. The summed E-state index contributed by atoms with van der Waals surface area (Å²) < 4.78 is 0. The van der Waals surface area contributed by atoms with Crippen LogP contribution in [-0.4, -0.2) is 27.4 Å². The Hall–Kier alpha value is -4.25. The van der Waals surface area contributed by atoms with Gasteiger partial charge in [-0.2, -0.15) is 0 Å². The normalized spacial score (nSPS) is 10.3. The summed E-state index contributed by atoms with van der Waals surface area (Å²) in [5.41, 5.74) is 1.71.